The van der Waals surface area contributed by atoms with E-state index in [9.17, 15) is 18.0 Å². The van der Waals surface area contributed by atoms with Gasteiger partial charge in [-0.1, -0.05) is 0 Å². The highest BCUT2D eigenvalue weighted by atomic mass is 32.3. The van der Waals surface area contributed by atoms with Gasteiger partial charge in [-0.2, -0.15) is 13.5 Å². The van der Waals surface area contributed by atoms with Crippen LogP contribution in [0.2, 0.25) is 0 Å². The summed E-state index contributed by atoms with van der Waals surface area (Å²) in [6, 6.07) is -2.26. The van der Waals surface area contributed by atoms with Gasteiger partial charge in [-0.3, -0.25) is 14.2 Å². The quantitative estimate of drug-likeness (QED) is 0.407. The molecule has 4 fully saturated rings. The minimum atomic E-state index is -4.87. The van der Waals surface area contributed by atoms with Crippen molar-refractivity contribution in [2.45, 2.75) is 31.0 Å². The summed E-state index contributed by atoms with van der Waals surface area (Å²) in [5, 5.41) is 0.637. The fourth-order valence-electron chi connectivity index (χ4n) is 4.23. The van der Waals surface area contributed by atoms with E-state index in [1.54, 1.807) is 0 Å². The number of fused-ring (bicyclic) bond motifs is 3. The van der Waals surface area contributed by atoms with E-state index in [0.717, 1.165) is 13.0 Å². The van der Waals surface area contributed by atoms with E-state index in [4.69, 9.17) is 14.1 Å². The highest BCUT2D eigenvalue weighted by Crippen LogP contribution is 2.47. The molecule has 4 rings (SSSR count). The van der Waals surface area contributed by atoms with Gasteiger partial charge in [0.25, 0.3) is 5.91 Å². The lowest BCUT2D eigenvalue weighted by atomic mass is 9.71. The van der Waals surface area contributed by atoms with Crippen molar-refractivity contribution in [2.24, 2.45) is 5.41 Å². The molecule has 152 valence electrons. The fourth-order valence-corrected chi connectivity index (χ4v) is 4.60. The number of ether oxygens (including phenoxy) is 1. The zero-order valence-electron chi connectivity index (χ0n) is 14.7. The second kappa shape index (κ2) is 6.53. The van der Waals surface area contributed by atoms with Crippen molar-refractivity contribution in [1.29, 1.82) is 0 Å². The van der Waals surface area contributed by atoms with Crippen molar-refractivity contribution in [3.05, 3.63) is 0 Å². The van der Waals surface area contributed by atoms with Gasteiger partial charge in [0.2, 0.25) is 0 Å². The molecule has 4 aliphatic rings. The van der Waals surface area contributed by atoms with E-state index < -0.39 is 39.8 Å². The first-order chi connectivity index (χ1) is 12.7. The molecule has 27 heavy (non-hydrogen) atoms. The number of carbonyl (C=O) groups excluding carboxylic acids is 2. The van der Waals surface area contributed by atoms with Crippen LogP contribution in [0, 0.1) is 5.41 Å². The SMILES string of the molecule is CN1CCC(ONC(=O)[C@@H]2CC3(COC3)C3CN2C(=O)N3OS(=O)(=O)O)C1. The zero-order valence-corrected chi connectivity index (χ0v) is 15.6. The molecule has 0 aromatic carbocycles. The van der Waals surface area contributed by atoms with Gasteiger partial charge in [0, 0.05) is 25.0 Å². The first-order valence-electron chi connectivity index (χ1n) is 8.67. The highest BCUT2D eigenvalue weighted by molar-refractivity contribution is 7.80. The Hall–Kier alpha value is -1.51. The number of nitrogens with one attached hydrogen (secondary N) is 1. The number of likely N-dealkylation sites (N-methyl/N-ethyl adjacent to an activating group) is 1. The maximum atomic E-state index is 12.7. The Morgan fingerprint density at radius 3 is 2.67 bits per heavy atom. The van der Waals surface area contributed by atoms with Gasteiger partial charge in [0.1, 0.15) is 6.04 Å². The molecule has 0 radical (unpaired) electrons. The van der Waals surface area contributed by atoms with Gasteiger partial charge in [-0.15, -0.1) is 4.28 Å². The van der Waals surface area contributed by atoms with E-state index in [2.05, 4.69) is 14.7 Å². The molecule has 13 heteroatoms. The molecule has 12 nitrogen and oxygen atoms in total. The molecule has 0 aliphatic carbocycles. The van der Waals surface area contributed by atoms with Gasteiger partial charge in [-0.05, 0) is 19.9 Å². The maximum Gasteiger partial charge on any atom is 0.418 e. The summed E-state index contributed by atoms with van der Waals surface area (Å²) in [6.45, 7) is 2.20. The van der Waals surface area contributed by atoms with Crippen molar-refractivity contribution in [1.82, 2.24) is 20.3 Å². The minimum Gasteiger partial charge on any atom is -0.380 e. The van der Waals surface area contributed by atoms with E-state index in [1.807, 2.05) is 7.05 Å². The summed E-state index contributed by atoms with van der Waals surface area (Å²) in [7, 11) is -2.91. The normalized spacial score (nSPS) is 32.8. The lowest BCUT2D eigenvalue weighted by Gasteiger charge is -2.50. The molecule has 2 bridgehead atoms. The van der Waals surface area contributed by atoms with E-state index in [-0.39, 0.29) is 32.3 Å². The second-order valence-corrected chi connectivity index (χ2v) is 8.62. The molecule has 0 saturated carbocycles. The Balaban J connectivity index is 1.48. The molecule has 2 N–H and O–H groups in total. The van der Waals surface area contributed by atoms with Crippen molar-refractivity contribution in [3.8, 4) is 0 Å². The van der Waals surface area contributed by atoms with Crippen LogP contribution < -0.4 is 5.48 Å². The molecule has 4 heterocycles. The summed E-state index contributed by atoms with van der Waals surface area (Å²) in [4.78, 5) is 34.1. The number of carbonyl (C=O) groups is 2. The Kier molecular flexibility index (Phi) is 4.56. The largest absolute Gasteiger partial charge is 0.418 e. The average Bonchev–Trinajstić information content (AvgIpc) is 3.08. The first-order valence-corrected chi connectivity index (χ1v) is 10.0. The number of rotatable bonds is 5. The van der Waals surface area contributed by atoms with Crippen molar-refractivity contribution in [3.63, 3.8) is 0 Å². The Morgan fingerprint density at radius 1 is 1.37 bits per heavy atom. The second-order valence-electron chi connectivity index (χ2n) is 7.61. The number of piperidine rings is 1. The first kappa shape index (κ1) is 18.8. The van der Waals surface area contributed by atoms with Gasteiger partial charge < -0.3 is 14.5 Å². The van der Waals surface area contributed by atoms with Crippen molar-refractivity contribution in [2.75, 3.05) is 39.9 Å². The molecule has 4 aliphatic heterocycles. The number of hydrogen-bond acceptors (Lipinski definition) is 8. The molecular formula is C14H22N4O8S. The number of urea groups is 1. The third-order valence-electron chi connectivity index (χ3n) is 5.70. The third kappa shape index (κ3) is 3.39. The van der Waals surface area contributed by atoms with Crippen LogP contribution in [-0.2, 0) is 29.1 Å². The maximum absolute atomic E-state index is 12.7. The van der Waals surface area contributed by atoms with E-state index in [1.165, 1.54) is 4.90 Å². The van der Waals surface area contributed by atoms with Gasteiger partial charge in [-0.25, -0.2) is 10.3 Å². The van der Waals surface area contributed by atoms with Crippen LogP contribution in [0.5, 0.6) is 0 Å². The van der Waals surface area contributed by atoms with Gasteiger partial charge in [0.05, 0.1) is 25.4 Å². The van der Waals surface area contributed by atoms with Crippen LogP contribution >= 0.6 is 0 Å². The van der Waals surface area contributed by atoms with E-state index in [0.29, 0.717) is 11.6 Å². The standard InChI is InChI=1S/C14H22N4O8S/c1-16-3-2-9(5-16)25-15-12(19)10-4-14(7-24-8-14)11-6-17(10)13(20)18(11)26-27(21,22)23/h9-11H,2-8H2,1H3,(H,15,19)(H,21,22,23)/t9?,10-,11?/m0/s1. The molecule has 0 aromatic rings. The third-order valence-corrected chi connectivity index (χ3v) is 6.05. The predicted octanol–water partition coefficient (Wildman–Crippen LogP) is -1.63. The Labute approximate surface area is 156 Å². The molecule has 3 atom stereocenters. The molecule has 1 spiro atoms. The number of hydrogen-bond donors (Lipinski definition) is 2. The molecule has 3 amide bonds. The zero-order chi connectivity index (χ0) is 19.4. The molecule has 2 unspecified atom stereocenters. The van der Waals surface area contributed by atoms with E-state index >= 15 is 0 Å². The number of amides is 3. The minimum absolute atomic E-state index is 0.0992. The highest BCUT2D eigenvalue weighted by Gasteiger charge is 2.63. The topological polar surface area (TPSA) is 138 Å². The predicted molar refractivity (Wildman–Crippen MR) is 87.1 cm³/mol. The fraction of sp³-hybridized carbons (Fsp3) is 0.857. The molecule has 4 saturated heterocycles. The van der Waals surface area contributed by atoms with Crippen LogP contribution in [0.25, 0.3) is 0 Å². The van der Waals surface area contributed by atoms with Crippen molar-refractivity contribution < 1.29 is 36.4 Å². The van der Waals surface area contributed by atoms with Crippen LogP contribution in [0.15, 0.2) is 0 Å². The van der Waals surface area contributed by atoms with Crippen molar-refractivity contribution >= 4 is 22.3 Å². The summed E-state index contributed by atoms with van der Waals surface area (Å²) >= 11 is 0. The molecular weight excluding hydrogens is 384 g/mol. The number of hydroxylamine groups is 3. The smallest absolute Gasteiger partial charge is 0.380 e. The van der Waals surface area contributed by atoms with Crippen LogP contribution in [0.3, 0.4) is 0 Å². The number of likely N-dealkylation sites (tertiary alicyclic amines) is 1. The van der Waals surface area contributed by atoms with Crippen LogP contribution in [0.1, 0.15) is 12.8 Å². The Morgan fingerprint density at radius 2 is 2.11 bits per heavy atom. The lowest BCUT2D eigenvalue weighted by Crippen LogP contribution is -2.63. The van der Waals surface area contributed by atoms with Gasteiger partial charge in [0.15, 0.2) is 0 Å². The molecule has 0 aromatic heterocycles. The van der Waals surface area contributed by atoms with Crippen LogP contribution in [-0.4, -0.2) is 97.9 Å². The summed E-state index contributed by atoms with van der Waals surface area (Å²) in [5.74, 6) is -0.476. The lowest BCUT2D eigenvalue weighted by molar-refractivity contribution is -0.194. The number of nitrogens with zero attached hydrogens (tertiary/aromatic N) is 3. The average molecular weight is 406 g/mol. The summed E-state index contributed by atoms with van der Waals surface area (Å²) < 4.78 is 41.0. The summed E-state index contributed by atoms with van der Waals surface area (Å²) in [6.07, 6.45) is 0.957. The Bertz CT molecular complexity index is 741. The monoisotopic (exact) mass is 406 g/mol. The van der Waals surface area contributed by atoms with Gasteiger partial charge >= 0.3 is 16.4 Å². The summed E-state index contributed by atoms with van der Waals surface area (Å²) in [5.41, 5.74) is 1.83. The van der Waals surface area contributed by atoms with Crippen LogP contribution in [0.4, 0.5) is 4.79 Å².